The van der Waals surface area contributed by atoms with Crippen LogP contribution in [0.1, 0.15) is 33.6 Å². The van der Waals surface area contributed by atoms with Gasteiger partial charge in [0.2, 0.25) is 5.91 Å². The van der Waals surface area contributed by atoms with Gasteiger partial charge in [-0.15, -0.1) is 0 Å². The summed E-state index contributed by atoms with van der Waals surface area (Å²) in [4.78, 5) is 18.7. The fourth-order valence-corrected chi connectivity index (χ4v) is 2.92. The lowest BCUT2D eigenvalue weighted by atomic mass is 10.2. The van der Waals surface area contributed by atoms with Crippen LogP contribution in [0.3, 0.4) is 0 Å². The minimum atomic E-state index is 0.189. The summed E-state index contributed by atoms with van der Waals surface area (Å²) in [6, 6.07) is 0.825. The Kier molecular flexibility index (Phi) is 7.78. The van der Waals surface area contributed by atoms with Gasteiger partial charge >= 0.3 is 0 Å². The van der Waals surface area contributed by atoms with Gasteiger partial charge in [-0.2, -0.15) is 0 Å². The fraction of sp³-hybridized carbons (Fsp3) is 0.882. The molecule has 1 amide bonds. The molecule has 2 aliphatic rings. The molecule has 2 fully saturated rings. The van der Waals surface area contributed by atoms with Crippen molar-refractivity contribution in [1.82, 2.24) is 20.9 Å². The Bertz CT molecular complexity index is 425. The lowest BCUT2D eigenvalue weighted by Gasteiger charge is -2.37. The summed E-state index contributed by atoms with van der Waals surface area (Å²) in [5.74, 6) is 1.27. The molecule has 7 heteroatoms. The Labute approximate surface area is 145 Å². The standard InChI is InChI=1S/C17H33N5O2/c1-4-18-17(20-8-7-19-16(23)15-5-6-15)21-11-13(2)22-9-10-24-12-14(22)3/h13-15H,4-12H2,1-3H3,(H,19,23)(H2,18,20,21). The zero-order chi connectivity index (χ0) is 17.4. The SMILES string of the molecule is CCNC(=NCC(C)N1CCOCC1C)NCCNC(=O)C1CC1. The van der Waals surface area contributed by atoms with Crippen molar-refractivity contribution in [2.24, 2.45) is 10.9 Å². The largest absolute Gasteiger partial charge is 0.379 e. The number of hydrogen-bond donors (Lipinski definition) is 3. The van der Waals surface area contributed by atoms with Crippen LogP contribution in [0.25, 0.3) is 0 Å². The molecule has 7 nitrogen and oxygen atoms in total. The van der Waals surface area contributed by atoms with E-state index in [1.807, 2.05) is 0 Å². The van der Waals surface area contributed by atoms with E-state index < -0.39 is 0 Å². The molecule has 0 radical (unpaired) electrons. The lowest BCUT2D eigenvalue weighted by Crippen LogP contribution is -2.49. The highest BCUT2D eigenvalue weighted by Crippen LogP contribution is 2.28. The molecule has 1 aliphatic carbocycles. The maximum atomic E-state index is 11.6. The van der Waals surface area contributed by atoms with Gasteiger partial charge < -0.3 is 20.7 Å². The van der Waals surface area contributed by atoms with Crippen LogP contribution in [0.15, 0.2) is 4.99 Å². The van der Waals surface area contributed by atoms with Crippen LogP contribution in [0, 0.1) is 5.92 Å². The molecular formula is C17H33N5O2. The molecule has 138 valence electrons. The minimum Gasteiger partial charge on any atom is -0.379 e. The molecular weight excluding hydrogens is 306 g/mol. The maximum absolute atomic E-state index is 11.6. The second-order valence-electron chi connectivity index (χ2n) is 6.72. The summed E-state index contributed by atoms with van der Waals surface area (Å²) in [6.07, 6.45) is 2.09. The van der Waals surface area contributed by atoms with Crippen LogP contribution in [0.4, 0.5) is 0 Å². The summed E-state index contributed by atoms with van der Waals surface area (Å²) in [7, 11) is 0. The first kappa shape index (κ1) is 19.0. The first-order valence-electron chi connectivity index (χ1n) is 9.25. The van der Waals surface area contributed by atoms with E-state index in [-0.39, 0.29) is 11.8 Å². The highest BCUT2D eigenvalue weighted by molar-refractivity contribution is 5.81. The highest BCUT2D eigenvalue weighted by atomic mass is 16.5. The van der Waals surface area contributed by atoms with Gasteiger partial charge in [-0.3, -0.25) is 14.7 Å². The average molecular weight is 339 g/mol. The Morgan fingerprint density at radius 3 is 2.71 bits per heavy atom. The van der Waals surface area contributed by atoms with Crippen molar-refractivity contribution in [2.75, 3.05) is 45.9 Å². The van der Waals surface area contributed by atoms with E-state index in [1.165, 1.54) is 0 Å². The van der Waals surface area contributed by atoms with Crippen molar-refractivity contribution in [3.05, 3.63) is 0 Å². The molecule has 24 heavy (non-hydrogen) atoms. The minimum absolute atomic E-state index is 0.189. The van der Waals surface area contributed by atoms with E-state index >= 15 is 0 Å². The molecule has 2 unspecified atom stereocenters. The van der Waals surface area contributed by atoms with Crippen LogP contribution in [-0.4, -0.2) is 74.8 Å². The predicted octanol–water partition coefficient (Wildman–Crippen LogP) is 0.177. The predicted molar refractivity (Wildman–Crippen MR) is 96.2 cm³/mol. The number of carbonyl (C=O) groups excluding carboxylic acids is 1. The first-order chi connectivity index (χ1) is 11.6. The van der Waals surface area contributed by atoms with Crippen molar-refractivity contribution < 1.29 is 9.53 Å². The number of guanidine groups is 1. The number of aliphatic imine (C=N–C) groups is 1. The molecule has 1 heterocycles. The van der Waals surface area contributed by atoms with Crippen LogP contribution in [0.5, 0.6) is 0 Å². The Morgan fingerprint density at radius 2 is 2.04 bits per heavy atom. The molecule has 0 spiro atoms. The molecule has 0 aromatic heterocycles. The molecule has 1 aliphatic heterocycles. The number of ether oxygens (including phenoxy) is 1. The van der Waals surface area contributed by atoms with Crippen molar-refractivity contribution >= 4 is 11.9 Å². The number of carbonyl (C=O) groups is 1. The number of amides is 1. The Morgan fingerprint density at radius 1 is 1.29 bits per heavy atom. The van der Waals surface area contributed by atoms with Crippen molar-refractivity contribution in [1.29, 1.82) is 0 Å². The van der Waals surface area contributed by atoms with Crippen LogP contribution >= 0.6 is 0 Å². The van der Waals surface area contributed by atoms with Crippen molar-refractivity contribution in [3.8, 4) is 0 Å². The lowest BCUT2D eigenvalue weighted by molar-refractivity contribution is -0.122. The summed E-state index contributed by atoms with van der Waals surface area (Å²) in [6.45, 7) is 11.9. The second-order valence-corrected chi connectivity index (χ2v) is 6.72. The van der Waals surface area contributed by atoms with E-state index in [4.69, 9.17) is 4.74 Å². The zero-order valence-electron chi connectivity index (χ0n) is 15.3. The molecule has 0 aromatic rings. The summed E-state index contributed by atoms with van der Waals surface area (Å²) in [5.41, 5.74) is 0. The summed E-state index contributed by atoms with van der Waals surface area (Å²) < 4.78 is 5.50. The molecule has 3 N–H and O–H groups in total. The third-order valence-corrected chi connectivity index (χ3v) is 4.51. The van der Waals surface area contributed by atoms with Gasteiger partial charge in [0.25, 0.3) is 0 Å². The van der Waals surface area contributed by atoms with Crippen LogP contribution < -0.4 is 16.0 Å². The van der Waals surface area contributed by atoms with Gasteiger partial charge in [-0.05, 0) is 33.6 Å². The molecule has 1 saturated heterocycles. The Balaban J connectivity index is 1.71. The third kappa shape index (κ3) is 6.28. The number of nitrogens with one attached hydrogen (secondary N) is 3. The van der Waals surface area contributed by atoms with E-state index in [0.717, 1.165) is 51.6 Å². The zero-order valence-corrected chi connectivity index (χ0v) is 15.3. The number of rotatable bonds is 8. The van der Waals surface area contributed by atoms with Crippen molar-refractivity contribution in [2.45, 2.75) is 45.7 Å². The Hall–Kier alpha value is -1.34. The second kappa shape index (κ2) is 9.84. The van der Waals surface area contributed by atoms with E-state index in [1.54, 1.807) is 0 Å². The van der Waals surface area contributed by atoms with E-state index in [9.17, 15) is 4.79 Å². The van der Waals surface area contributed by atoms with E-state index in [0.29, 0.717) is 25.2 Å². The molecule has 1 saturated carbocycles. The van der Waals surface area contributed by atoms with Gasteiger partial charge in [0.1, 0.15) is 0 Å². The van der Waals surface area contributed by atoms with Gasteiger partial charge in [0.15, 0.2) is 5.96 Å². The number of nitrogens with zero attached hydrogens (tertiary/aromatic N) is 2. The van der Waals surface area contributed by atoms with Gasteiger partial charge in [-0.25, -0.2) is 0 Å². The van der Waals surface area contributed by atoms with Crippen LogP contribution in [0.2, 0.25) is 0 Å². The number of hydrogen-bond acceptors (Lipinski definition) is 4. The molecule has 2 atom stereocenters. The summed E-state index contributed by atoms with van der Waals surface area (Å²) >= 11 is 0. The summed E-state index contributed by atoms with van der Waals surface area (Å²) in [5, 5.41) is 9.50. The highest BCUT2D eigenvalue weighted by Gasteiger charge is 2.29. The smallest absolute Gasteiger partial charge is 0.223 e. The third-order valence-electron chi connectivity index (χ3n) is 4.51. The maximum Gasteiger partial charge on any atom is 0.223 e. The fourth-order valence-electron chi connectivity index (χ4n) is 2.92. The van der Waals surface area contributed by atoms with E-state index in [2.05, 4.69) is 46.6 Å². The molecule has 0 bridgehead atoms. The van der Waals surface area contributed by atoms with Gasteiger partial charge in [0.05, 0.1) is 19.8 Å². The first-order valence-corrected chi connectivity index (χ1v) is 9.25. The van der Waals surface area contributed by atoms with Crippen molar-refractivity contribution in [3.63, 3.8) is 0 Å². The molecule has 2 rings (SSSR count). The van der Waals surface area contributed by atoms with Gasteiger partial charge in [-0.1, -0.05) is 0 Å². The average Bonchev–Trinajstić information content (AvgIpc) is 3.41. The topological polar surface area (TPSA) is 78.0 Å². The normalized spacial score (nSPS) is 23.6. The van der Waals surface area contributed by atoms with Crippen LogP contribution in [-0.2, 0) is 9.53 Å². The van der Waals surface area contributed by atoms with Gasteiger partial charge in [0, 0.05) is 44.2 Å². The monoisotopic (exact) mass is 339 g/mol. The quantitative estimate of drug-likeness (QED) is 0.334. The number of morpholine rings is 1. The molecule has 0 aromatic carbocycles.